The molecule has 108 valence electrons. The Balaban J connectivity index is 2.33. The lowest BCUT2D eigenvalue weighted by molar-refractivity contribution is 0.399. The van der Waals surface area contributed by atoms with Gasteiger partial charge in [-0.1, -0.05) is 6.07 Å². The molecule has 0 aliphatic heterocycles. The summed E-state index contributed by atoms with van der Waals surface area (Å²) >= 11 is 0. The van der Waals surface area contributed by atoms with Gasteiger partial charge in [0.15, 0.2) is 0 Å². The van der Waals surface area contributed by atoms with Gasteiger partial charge in [0.2, 0.25) is 10.0 Å². The first-order valence-electron chi connectivity index (χ1n) is 6.58. The Morgan fingerprint density at radius 1 is 1.45 bits per heavy atom. The molecular weight excluding hydrogens is 279 g/mol. The van der Waals surface area contributed by atoms with Gasteiger partial charge in [0.1, 0.15) is 10.7 Å². The van der Waals surface area contributed by atoms with E-state index in [1.165, 1.54) is 22.5 Å². The molecule has 0 unspecified atom stereocenters. The van der Waals surface area contributed by atoms with Gasteiger partial charge < -0.3 is 0 Å². The lowest BCUT2D eigenvalue weighted by atomic mass is 10.2. The largest absolute Gasteiger partial charge is 0.246 e. The van der Waals surface area contributed by atoms with E-state index in [2.05, 4.69) is 0 Å². The number of halogens is 1. The van der Waals surface area contributed by atoms with Gasteiger partial charge in [-0.15, -0.1) is 0 Å². The van der Waals surface area contributed by atoms with Crippen molar-refractivity contribution in [2.75, 3.05) is 13.1 Å². The highest BCUT2D eigenvalue weighted by Crippen LogP contribution is 2.32. The topological polar surface area (TPSA) is 61.2 Å². The van der Waals surface area contributed by atoms with E-state index in [9.17, 15) is 12.8 Å². The maximum atomic E-state index is 13.8. The van der Waals surface area contributed by atoms with Crippen molar-refractivity contribution in [2.45, 2.75) is 31.1 Å². The summed E-state index contributed by atoms with van der Waals surface area (Å²) < 4.78 is 40.2. The standard InChI is InChI=1S/C14H17FN2O2S/c1-11-3-6-13(15)14(9-11)20(18,19)17(8-2-7-16)10-12-4-5-12/h3,6,9,12H,2,4-5,8,10H2,1H3. The van der Waals surface area contributed by atoms with E-state index >= 15 is 0 Å². The van der Waals surface area contributed by atoms with Crippen molar-refractivity contribution in [3.8, 4) is 6.07 Å². The Labute approximate surface area is 118 Å². The summed E-state index contributed by atoms with van der Waals surface area (Å²) in [6, 6.07) is 5.99. The number of hydrogen-bond donors (Lipinski definition) is 0. The zero-order valence-corrected chi connectivity index (χ0v) is 12.2. The lowest BCUT2D eigenvalue weighted by Gasteiger charge is -2.21. The first-order valence-corrected chi connectivity index (χ1v) is 8.02. The summed E-state index contributed by atoms with van der Waals surface area (Å²) in [5, 5.41) is 8.65. The average molecular weight is 296 g/mol. The van der Waals surface area contributed by atoms with Crippen LogP contribution in [0.25, 0.3) is 0 Å². The van der Waals surface area contributed by atoms with E-state index in [0.717, 1.165) is 12.8 Å². The summed E-state index contributed by atoms with van der Waals surface area (Å²) in [5.74, 6) is -0.398. The molecule has 1 aliphatic rings. The first-order chi connectivity index (χ1) is 9.45. The van der Waals surface area contributed by atoms with Gasteiger partial charge in [0.05, 0.1) is 6.07 Å². The highest BCUT2D eigenvalue weighted by atomic mass is 32.2. The predicted octanol–water partition coefficient (Wildman–Crippen LogP) is 2.45. The van der Waals surface area contributed by atoms with Crippen molar-refractivity contribution in [1.29, 1.82) is 5.26 Å². The molecule has 1 fully saturated rings. The summed E-state index contributed by atoms with van der Waals surface area (Å²) in [5.41, 5.74) is 0.691. The van der Waals surface area contributed by atoms with E-state index in [0.29, 0.717) is 18.0 Å². The van der Waals surface area contributed by atoms with Gasteiger partial charge in [-0.25, -0.2) is 12.8 Å². The number of sulfonamides is 1. The fourth-order valence-corrected chi connectivity index (χ4v) is 3.69. The van der Waals surface area contributed by atoms with Crippen molar-refractivity contribution < 1.29 is 12.8 Å². The number of aryl methyl sites for hydroxylation is 1. The monoisotopic (exact) mass is 296 g/mol. The molecule has 0 N–H and O–H groups in total. The average Bonchev–Trinajstić information content (AvgIpc) is 3.21. The molecule has 0 aromatic heterocycles. The van der Waals surface area contributed by atoms with Crippen LogP contribution in [0.4, 0.5) is 4.39 Å². The van der Waals surface area contributed by atoms with Gasteiger partial charge in [0.25, 0.3) is 0 Å². The molecule has 1 saturated carbocycles. The molecule has 0 amide bonds. The Bertz CT molecular complexity index is 633. The Hall–Kier alpha value is -1.45. The van der Waals surface area contributed by atoms with Crippen LogP contribution in [-0.4, -0.2) is 25.8 Å². The lowest BCUT2D eigenvalue weighted by Crippen LogP contribution is -2.34. The van der Waals surface area contributed by atoms with E-state index < -0.39 is 15.8 Å². The molecule has 0 saturated heterocycles. The molecule has 20 heavy (non-hydrogen) atoms. The number of nitriles is 1. The van der Waals surface area contributed by atoms with Crippen LogP contribution in [0.1, 0.15) is 24.8 Å². The van der Waals surface area contributed by atoms with Gasteiger partial charge in [-0.05, 0) is 43.4 Å². The number of hydrogen-bond acceptors (Lipinski definition) is 3. The van der Waals surface area contributed by atoms with Crippen molar-refractivity contribution in [1.82, 2.24) is 4.31 Å². The highest BCUT2D eigenvalue weighted by Gasteiger charge is 2.32. The molecule has 0 spiro atoms. The Morgan fingerprint density at radius 2 is 2.15 bits per heavy atom. The van der Waals surface area contributed by atoms with Gasteiger partial charge >= 0.3 is 0 Å². The molecule has 0 bridgehead atoms. The Kier molecular flexibility index (Phi) is 4.41. The van der Waals surface area contributed by atoms with E-state index in [1.54, 1.807) is 6.92 Å². The molecule has 0 radical (unpaired) electrons. The molecule has 0 heterocycles. The first kappa shape index (κ1) is 14.9. The third-order valence-corrected chi connectivity index (χ3v) is 5.22. The van der Waals surface area contributed by atoms with Crippen LogP contribution in [0.5, 0.6) is 0 Å². The minimum atomic E-state index is -3.87. The van der Waals surface area contributed by atoms with Crippen LogP contribution in [0.2, 0.25) is 0 Å². The second-order valence-corrected chi connectivity index (χ2v) is 7.05. The van der Waals surface area contributed by atoms with Crippen LogP contribution < -0.4 is 0 Å². The zero-order valence-electron chi connectivity index (χ0n) is 11.3. The fraction of sp³-hybridized carbons (Fsp3) is 0.500. The molecule has 1 aromatic carbocycles. The normalized spacial score (nSPS) is 15.3. The molecule has 1 aliphatic carbocycles. The van der Waals surface area contributed by atoms with Gasteiger partial charge in [0, 0.05) is 19.5 Å². The molecule has 6 heteroatoms. The van der Waals surface area contributed by atoms with Crippen molar-refractivity contribution in [2.24, 2.45) is 5.92 Å². The second-order valence-electron chi connectivity index (χ2n) is 5.15. The van der Waals surface area contributed by atoms with Crippen LogP contribution in [-0.2, 0) is 10.0 Å². The third kappa shape index (κ3) is 3.35. The van der Waals surface area contributed by atoms with Crippen molar-refractivity contribution in [3.63, 3.8) is 0 Å². The van der Waals surface area contributed by atoms with Gasteiger partial charge in [-0.2, -0.15) is 9.57 Å². The maximum absolute atomic E-state index is 13.8. The van der Waals surface area contributed by atoms with E-state index in [4.69, 9.17) is 5.26 Å². The maximum Gasteiger partial charge on any atom is 0.246 e. The highest BCUT2D eigenvalue weighted by molar-refractivity contribution is 7.89. The van der Waals surface area contributed by atoms with E-state index in [1.807, 2.05) is 6.07 Å². The molecule has 0 atom stereocenters. The third-order valence-electron chi connectivity index (χ3n) is 3.34. The quantitative estimate of drug-likeness (QED) is 0.810. The summed E-state index contributed by atoms with van der Waals surface area (Å²) in [6.07, 6.45) is 2.10. The van der Waals surface area contributed by atoms with Crippen LogP contribution in [0.3, 0.4) is 0 Å². The molecule has 1 aromatic rings. The number of rotatable bonds is 6. The minimum absolute atomic E-state index is 0.111. The van der Waals surface area contributed by atoms with Crippen LogP contribution >= 0.6 is 0 Å². The second kappa shape index (κ2) is 5.90. The summed E-state index contributed by atoms with van der Waals surface area (Å²) in [6.45, 7) is 2.21. The summed E-state index contributed by atoms with van der Waals surface area (Å²) in [7, 11) is -3.87. The zero-order chi connectivity index (χ0) is 14.8. The van der Waals surface area contributed by atoms with Crippen LogP contribution in [0, 0.1) is 30.0 Å². The molecule has 4 nitrogen and oxygen atoms in total. The van der Waals surface area contributed by atoms with E-state index in [-0.39, 0.29) is 17.9 Å². The summed E-state index contributed by atoms with van der Waals surface area (Å²) in [4.78, 5) is -0.295. The van der Waals surface area contributed by atoms with Crippen LogP contribution in [0.15, 0.2) is 23.1 Å². The minimum Gasteiger partial charge on any atom is -0.207 e. The SMILES string of the molecule is Cc1ccc(F)c(S(=O)(=O)N(CCC#N)CC2CC2)c1. The van der Waals surface area contributed by atoms with Crippen molar-refractivity contribution >= 4 is 10.0 Å². The van der Waals surface area contributed by atoms with Crippen molar-refractivity contribution in [3.05, 3.63) is 29.6 Å². The number of nitrogens with zero attached hydrogens (tertiary/aromatic N) is 2. The molecular formula is C14H17FN2O2S. The molecule has 2 rings (SSSR count). The Morgan fingerprint density at radius 3 is 2.75 bits per heavy atom. The predicted molar refractivity (Wildman–Crippen MR) is 72.8 cm³/mol. The van der Waals surface area contributed by atoms with Gasteiger partial charge in [-0.3, -0.25) is 0 Å². The fourth-order valence-electron chi connectivity index (χ4n) is 2.02. The number of benzene rings is 1. The smallest absolute Gasteiger partial charge is 0.207 e.